The third-order valence-electron chi connectivity index (χ3n) is 5.98. The summed E-state index contributed by atoms with van der Waals surface area (Å²) in [5.74, 6) is 2.30. The van der Waals surface area contributed by atoms with Crippen LogP contribution in [0.4, 0.5) is 0 Å². The van der Waals surface area contributed by atoms with Crippen LogP contribution in [0.1, 0.15) is 86.0 Å². The summed E-state index contributed by atoms with van der Waals surface area (Å²) in [5.41, 5.74) is 3.01. The quantitative estimate of drug-likeness (QED) is 0.377. The minimum atomic E-state index is -0.210. The van der Waals surface area contributed by atoms with Crippen LogP contribution in [0.15, 0.2) is 23.5 Å². The average Bonchev–Trinajstić information content (AvgIpc) is 2.51. The molecule has 0 fully saturated rings. The zero-order chi connectivity index (χ0) is 18.3. The summed E-state index contributed by atoms with van der Waals surface area (Å²) in [7, 11) is 1.71. The molecule has 24 heavy (non-hydrogen) atoms. The minimum absolute atomic E-state index is 0.210. The van der Waals surface area contributed by atoms with Gasteiger partial charge in [0.25, 0.3) is 0 Å². The van der Waals surface area contributed by atoms with Crippen LogP contribution in [0.5, 0.6) is 0 Å². The molecule has 2 heteroatoms. The molecule has 1 unspecified atom stereocenters. The molecule has 1 aliphatic rings. The molecule has 1 aliphatic carbocycles. The Morgan fingerprint density at radius 3 is 2.50 bits per heavy atom. The van der Waals surface area contributed by atoms with Gasteiger partial charge in [0.05, 0.1) is 19.0 Å². The molecule has 0 saturated heterocycles. The highest BCUT2D eigenvalue weighted by atomic mass is 16.5. The minimum Gasteiger partial charge on any atom is -0.502 e. The van der Waals surface area contributed by atoms with Gasteiger partial charge in [-0.25, -0.2) is 0 Å². The number of hydrogen-bond acceptors (Lipinski definition) is 2. The van der Waals surface area contributed by atoms with Crippen LogP contribution >= 0.6 is 0 Å². The summed E-state index contributed by atoms with van der Waals surface area (Å²) < 4.78 is 5.17. The monoisotopic (exact) mass is 336 g/mol. The molecule has 0 aromatic heterocycles. The molecule has 1 rings (SSSR count). The standard InChI is InChI=1S/C22H40O2/c1-16(9-8-10-17(2)15-18(3)24-7)11-12-20-19(4)21(23)13-14-22(20,5)6/h16-17,21,23H,3,8-15H2,1-2,4-7H3/t16-,17?,21-/m0/s1. The average molecular weight is 337 g/mol. The van der Waals surface area contributed by atoms with E-state index in [4.69, 9.17) is 4.74 Å². The third kappa shape index (κ3) is 6.63. The largest absolute Gasteiger partial charge is 0.502 e. The second-order valence-electron chi connectivity index (χ2n) is 8.73. The molecular formula is C22H40O2. The van der Waals surface area contributed by atoms with Gasteiger partial charge in [0.1, 0.15) is 0 Å². The van der Waals surface area contributed by atoms with Crippen LogP contribution in [0.25, 0.3) is 0 Å². The van der Waals surface area contributed by atoms with Crippen molar-refractivity contribution in [3.05, 3.63) is 23.5 Å². The molecule has 1 N–H and O–H groups in total. The van der Waals surface area contributed by atoms with E-state index in [0.717, 1.165) is 37.4 Å². The predicted octanol–water partition coefficient (Wildman–Crippen LogP) is 6.26. The van der Waals surface area contributed by atoms with Crippen LogP contribution in [-0.2, 0) is 4.74 Å². The zero-order valence-electron chi connectivity index (χ0n) is 17.0. The van der Waals surface area contributed by atoms with Crippen molar-refractivity contribution in [1.82, 2.24) is 0 Å². The second kappa shape index (κ2) is 9.65. The van der Waals surface area contributed by atoms with Gasteiger partial charge >= 0.3 is 0 Å². The van der Waals surface area contributed by atoms with E-state index in [1.165, 1.54) is 36.8 Å². The molecule has 0 aliphatic heterocycles. The number of allylic oxidation sites excluding steroid dienone is 2. The fourth-order valence-corrected chi connectivity index (χ4v) is 4.06. The first-order valence-electron chi connectivity index (χ1n) is 9.77. The van der Waals surface area contributed by atoms with E-state index >= 15 is 0 Å². The van der Waals surface area contributed by atoms with Crippen molar-refractivity contribution in [2.75, 3.05) is 7.11 Å². The number of hydrogen-bond donors (Lipinski definition) is 1. The summed E-state index contributed by atoms with van der Waals surface area (Å²) >= 11 is 0. The van der Waals surface area contributed by atoms with Crippen LogP contribution in [0.2, 0.25) is 0 Å². The van der Waals surface area contributed by atoms with Gasteiger partial charge in [-0.1, -0.05) is 59.1 Å². The van der Waals surface area contributed by atoms with Gasteiger partial charge in [0, 0.05) is 6.42 Å². The number of methoxy groups -OCH3 is 1. The van der Waals surface area contributed by atoms with E-state index in [-0.39, 0.29) is 11.5 Å². The van der Waals surface area contributed by atoms with Crippen molar-refractivity contribution < 1.29 is 9.84 Å². The van der Waals surface area contributed by atoms with Crippen molar-refractivity contribution in [2.45, 2.75) is 92.1 Å². The molecule has 0 spiro atoms. The lowest BCUT2D eigenvalue weighted by Crippen LogP contribution is -2.28. The Morgan fingerprint density at radius 1 is 1.25 bits per heavy atom. The van der Waals surface area contributed by atoms with Gasteiger partial charge in [0.15, 0.2) is 0 Å². The topological polar surface area (TPSA) is 29.5 Å². The molecule has 0 aromatic carbocycles. The van der Waals surface area contributed by atoms with Crippen molar-refractivity contribution in [1.29, 1.82) is 0 Å². The predicted molar refractivity (Wildman–Crippen MR) is 104 cm³/mol. The Kier molecular flexibility index (Phi) is 8.56. The molecule has 0 aromatic rings. The van der Waals surface area contributed by atoms with E-state index in [2.05, 4.69) is 41.2 Å². The summed E-state index contributed by atoms with van der Waals surface area (Å²) in [4.78, 5) is 0. The van der Waals surface area contributed by atoms with Crippen molar-refractivity contribution in [2.24, 2.45) is 17.3 Å². The highest BCUT2D eigenvalue weighted by Gasteiger charge is 2.31. The first-order chi connectivity index (χ1) is 11.2. The van der Waals surface area contributed by atoms with Gasteiger partial charge in [0.2, 0.25) is 0 Å². The summed E-state index contributed by atoms with van der Waals surface area (Å²) in [6.45, 7) is 15.4. The molecule has 140 valence electrons. The van der Waals surface area contributed by atoms with Gasteiger partial charge in [-0.2, -0.15) is 0 Å². The Morgan fingerprint density at radius 2 is 1.88 bits per heavy atom. The normalized spacial score (nSPS) is 23.0. The first-order valence-corrected chi connectivity index (χ1v) is 9.77. The van der Waals surface area contributed by atoms with Crippen LogP contribution < -0.4 is 0 Å². The Hall–Kier alpha value is -0.760. The fraction of sp³-hybridized carbons (Fsp3) is 0.818. The Bertz CT molecular complexity index is 433. The molecule has 3 atom stereocenters. The summed E-state index contributed by atoms with van der Waals surface area (Å²) in [5, 5.41) is 10.2. The van der Waals surface area contributed by atoms with E-state index in [1.807, 2.05) is 0 Å². The number of rotatable bonds is 10. The molecular weight excluding hydrogens is 296 g/mol. The highest BCUT2D eigenvalue weighted by molar-refractivity contribution is 5.25. The van der Waals surface area contributed by atoms with Gasteiger partial charge in [-0.3, -0.25) is 0 Å². The van der Waals surface area contributed by atoms with E-state index in [0.29, 0.717) is 5.92 Å². The smallest absolute Gasteiger partial charge is 0.0886 e. The lowest BCUT2D eigenvalue weighted by molar-refractivity contribution is 0.157. The highest BCUT2D eigenvalue weighted by Crippen LogP contribution is 2.43. The van der Waals surface area contributed by atoms with Gasteiger partial charge < -0.3 is 9.84 Å². The lowest BCUT2D eigenvalue weighted by atomic mass is 9.70. The molecule has 0 bridgehead atoms. The number of aliphatic hydroxyl groups is 1. The third-order valence-corrected chi connectivity index (χ3v) is 5.98. The SMILES string of the molecule is C=C(CC(C)CCC[C@H](C)CCC1=C(C)[C@@H](O)CCC1(C)C)OC. The second-order valence-corrected chi connectivity index (χ2v) is 8.73. The molecule has 0 heterocycles. The van der Waals surface area contributed by atoms with Crippen molar-refractivity contribution >= 4 is 0 Å². The molecule has 0 radical (unpaired) electrons. The summed E-state index contributed by atoms with van der Waals surface area (Å²) in [6, 6.07) is 0. The van der Waals surface area contributed by atoms with E-state index in [1.54, 1.807) is 7.11 Å². The number of ether oxygens (including phenoxy) is 1. The van der Waals surface area contributed by atoms with Gasteiger partial charge in [-0.05, 0) is 55.4 Å². The van der Waals surface area contributed by atoms with Crippen molar-refractivity contribution in [3.8, 4) is 0 Å². The number of aliphatic hydroxyl groups excluding tert-OH is 1. The van der Waals surface area contributed by atoms with Crippen LogP contribution in [0.3, 0.4) is 0 Å². The first kappa shape index (κ1) is 21.3. The molecule has 2 nitrogen and oxygen atoms in total. The molecule has 0 saturated carbocycles. The maximum atomic E-state index is 10.2. The van der Waals surface area contributed by atoms with E-state index < -0.39 is 0 Å². The molecule has 0 amide bonds. The van der Waals surface area contributed by atoms with E-state index in [9.17, 15) is 5.11 Å². The Balaban J connectivity index is 2.37. The van der Waals surface area contributed by atoms with Gasteiger partial charge in [-0.15, -0.1) is 0 Å². The lowest BCUT2D eigenvalue weighted by Gasteiger charge is -2.37. The maximum absolute atomic E-state index is 10.2. The maximum Gasteiger partial charge on any atom is 0.0886 e. The Labute approximate surface area is 150 Å². The van der Waals surface area contributed by atoms with Crippen molar-refractivity contribution in [3.63, 3.8) is 0 Å². The summed E-state index contributed by atoms with van der Waals surface area (Å²) in [6.07, 6.45) is 9.00. The zero-order valence-corrected chi connectivity index (χ0v) is 17.0. The fourth-order valence-electron chi connectivity index (χ4n) is 4.06. The van der Waals surface area contributed by atoms with Crippen LogP contribution in [0, 0.1) is 17.3 Å². The van der Waals surface area contributed by atoms with Crippen LogP contribution in [-0.4, -0.2) is 18.3 Å².